The quantitative estimate of drug-likeness (QED) is 0.906. The molecule has 0 fully saturated rings. The van der Waals surface area contributed by atoms with Gasteiger partial charge in [0.1, 0.15) is 5.82 Å². The van der Waals surface area contributed by atoms with Crippen molar-refractivity contribution in [2.75, 3.05) is 18.5 Å². The zero-order valence-electron chi connectivity index (χ0n) is 13.0. The summed E-state index contributed by atoms with van der Waals surface area (Å²) in [5, 5.41) is 1.18. The first-order valence-corrected chi connectivity index (χ1v) is 7.32. The summed E-state index contributed by atoms with van der Waals surface area (Å²) < 4.78 is 0. The molecule has 3 nitrogen and oxygen atoms in total. The Hall–Kier alpha value is -1.61. The van der Waals surface area contributed by atoms with Gasteiger partial charge in [0.15, 0.2) is 0 Å². The highest BCUT2D eigenvalue weighted by Crippen LogP contribution is 2.29. The minimum atomic E-state index is 0.0821. The van der Waals surface area contributed by atoms with Crippen molar-refractivity contribution in [3.8, 4) is 0 Å². The topological polar surface area (TPSA) is 42.2 Å². The Kier molecular flexibility index (Phi) is 4.29. The first kappa shape index (κ1) is 14.8. The normalized spacial score (nSPS) is 11.8. The van der Waals surface area contributed by atoms with E-state index in [9.17, 15) is 0 Å². The number of fused-ring (bicyclic) bond motifs is 1. The largest absolute Gasteiger partial charge is 0.354 e. The van der Waals surface area contributed by atoms with E-state index in [-0.39, 0.29) is 5.54 Å². The van der Waals surface area contributed by atoms with Crippen molar-refractivity contribution in [2.24, 2.45) is 5.73 Å². The third-order valence-corrected chi connectivity index (χ3v) is 4.28. The van der Waals surface area contributed by atoms with E-state index >= 15 is 0 Å². The molecule has 0 unspecified atom stereocenters. The molecule has 108 valence electrons. The molecule has 0 spiro atoms. The highest BCUT2D eigenvalue weighted by Gasteiger charge is 2.24. The molecule has 0 aliphatic heterocycles. The van der Waals surface area contributed by atoms with Crippen molar-refractivity contribution in [2.45, 2.75) is 39.2 Å². The van der Waals surface area contributed by atoms with Crippen LogP contribution in [0.15, 0.2) is 30.3 Å². The van der Waals surface area contributed by atoms with Crippen LogP contribution >= 0.6 is 0 Å². The van der Waals surface area contributed by atoms with Gasteiger partial charge in [-0.2, -0.15) is 0 Å². The van der Waals surface area contributed by atoms with E-state index in [1.54, 1.807) is 0 Å². The van der Waals surface area contributed by atoms with Crippen LogP contribution in [-0.4, -0.2) is 24.1 Å². The number of benzene rings is 1. The lowest BCUT2D eigenvalue weighted by molar-refractivity contribution is 0.466. The smallest absolute Gasteiger partial charge is 0.132 e. The molecule has 1 heterocycles. The molecule has 1 aromatic heterocycles. The third-order valence-electron chi connectivity index (χ3n) is 4.28. The maximum Gasteiger partial charge on any atom is 0.132 e. The number of rotatable bonds is 5. The second kappa shape index (κ2) is 5.80. The average molecular weight is 271 g/mol. The Bertz CT molecular complexity index is 590. The van der Waals surface area contributed by atoms with Crippen LogP contribution in [0.5, 0.6) is 0 Å². The molecule has 0 amide bonds. The Morgan fingerprint density at radius 1 is 1.25 bits per heavy atom. The molecule has 0 saturated carbocycles. The molecule has 2 N–H and O–H groups in total. The Morgan fingerprint density at radius 2 is 1.95 bits per heavy atom. The summed E-state index contributed by atoms with van der Waals surface area (Å²) in [5.74, 6) is 1.06. The highest BCUT2D eigenvalue weighted by atomic mass is 15.2. The predicted molar refractivity (Wildman–Crippen MR) is 87.3 cm³/mol. The molecule has 20 heavy (non-hydrogen) atoms. The lowest BCUT2D eigenvalue weighted by atomic mass is 9.98. The molecule has 0 bridgehead atoms. The van der Waals surface area contributed by atoms with Gasteiger partial charge in [0.05, 0.1) is 5.52 Å². The predicted octanol–water partition coefficient (Wildman–Crippen LogP) is 3.36. The van der Waals surface area contributed by atoms with Crippen molar-refractivity contribution in [1.29, 1.82) is 0 Å². The van der Waals surface area contributed by atoms with E-state index in [4.69, 9.17) is 10.7 Å². The van der Waals surface area contributed by atoms with Crippen molar-refractivity contribution < 1.29 is 0 Å². The Labute approximate surface area is 121 Å². The molecule has 0 atom stereocenters. The molecule has 0 radical (unpaired) electrons. The Morgan fingerprint density at radius 3 is 2.60 bits per heavy atom. The second-order valence-corrected chi connectivity index (χ2v) is 5.93. The van der Waals surface area contributed by atoms with Gasteiger partial charge in [-0.05, 0) is 50.9 Å². The maximum atomic E-state index is 5.77. The SMILES string of the molecule is CCC(C)(C)N(C)c1nc2ccccc2cc1CCN. The van der Waals surface area contributed by atoms with Crippen molar-refractivity contribution >= 4 is 16.7 Å². The van der Waals surface area contributed by atoms with Crippen molar-refractivity contribution in [3.05, 3.63) is 35.9 Å². The molecule has 0 saturated heterocycles. The summed E-state index contributed by atoms with van der Waals surface area (Å²) in [7, 11) is 2.13. The van der Waals surface area contributed by atoms with Crippen LogP contribution in [0.3, 0.4) is 0 Å². The van der Waals surface area contributed by atoms with Gasteiger partial charge in [-0.3, -0.25) is 0 Å². The third kappa shape index (κ3) is 2.78. The van der Waals surface area contributed by atoms with E-state index in [2.05, 4.69) is 57.0 Å². The van der Waals surface area contributed by atoms with Gasteiger partial charge in [0.25, 0.3) is 0 Å². The minimum Gasteiger partial charge on any atom is -0.354 e. The molecule has 2 rings (SSSR count). The molecule has 3 heteroatoms. The summed E-state index contributed by atoms with van der Waals surface area (Å²) in [6.07, 6.45) is 1.93. The van der Waals surface area contributed by atoms with Gasteiger partial charge in [-0.25, -0.2) is 4.98 Å². The average Bonchev–Trinajstić information content (AvgIpc) is 2.46. The Balaban J connectivity index is 2.57. The fourth-order valence-electron chi connectivity index (χ4n) is 2.30. The standard InChI is InChI=1S/C17H25N3/c1-5-17(2,3)20(4)16-14(10-11-18)12-13-8-6-7-9-15(13)19-16/h6-9,12H,5,10-11,18H2,1-4H3. The fraction of sp³-hybridized carbons (Fsp3) is 0.471. The van der Waals surface area contributed by atoms with E-state index in [1.165, 1.54) is 10.9 Å². The number of nitrogens with two attached hydrogens (primary N) is 1. The first-order chi connectivity index (χ1) is 9.49. The van der Waals surface area contributed by atoms with Gasteiger partial charge in [0, 0.05) is 18.0 Å². The van der Waals surface area contributed by atoms with Crippen LogP contribution in [0.4, 0.5) is 5.82 Å². The number of para-hydroxylation sites is 1. The number of pyridine rings is 1. The van der Waals surface area contributed by atoms with Crippen LogP contribution in [0, 0.1) is 0 Å². The van der Waals surface area contributed by atoms with E-state index in [0.717, 1.165) is 24.2 Å². The summed E-state index contributed by atoms with van der Waals surface area (Å²) in [5.41, 5.74) is 8.13. The monoisotopic (exact) mass is 271 g/mol. The summed E-state index contributed by atoms with van der Waals surface area (Å²) in [4.78, 5) is 7.16. The van der Waals surface area contributed by atoms with Gasteiger partial charge in [-0.1, -0.05) is 25.1 Å². The van der Waals surface area contributed by atoms with E-state index in [0.29, 0.717) is 6.54 Å². The molecule has 2 aromatic rings. The molecule has 0 aliphatic rings. The van der Waals surface area contributed by atoms with Crippen molar-refractivity contribution in [3.63, 3.8) is 0 Å². The number of hydrogen-bond acceptors (Lipinski definition) is 3. The molecule has 0 aliphatic carbocycles. The van der Waals surface area contributed by atoms with Gasteiger partial charge in [-0.15, -0.1) is 0 Å². The minimum absolute atomic E-state index is 0.0821. The van der Waals surface area contributed by atoms with Crippen LogP contribution in [0.2, 0.25) is 0 Å². The molecular formula is C17H25N3. The lowest BCUT2D eigenvalue weighted by Gasteiger charge is -2.37. The second-order valence-electron chi connectivity index (χ2n) is 5.93. The number of anilines is 1. The number of hydrogen-bond donors (Lipinski definition) is 1. The van der Waals surface area contributed by atoms with Gasteiger partial charge < -0.3 is 10.6 Å². The van der Waals surface area contributed by atoms with Gasteiger partial charge >= 0.3 is 0 Å². The summed E-state index contributed by atoms with van der Waals surface area (Å²) >= 11 is 0. The summed E-state index contributed by atoms with van der Waals surface area (Å²) in [6.45, 7) is 7.35. The van der Waals surface area contributed by atoms with Crippen LogP contribution in [0.25, 0.3) is 10.9 Å². The zero-order chi connectivity index (χ0) is 14.8. The van der Waals surface area contributed by atoms with E-state index < -0.39 is 0 Å². The van der Waals surface area contributed by atoms with Crippen LogP contribution in [-0.2, 0) is 6.42 Å². The fourth-order valence-corrected chi connectivity index (χ4v) is 2.30. The zero-order valence-corrected chi connectivity index (χ0v) is 13.0. The van der Waals surface area contributed by atoms with Crippen LogP contribution in [0.1, 0.15) is 32.8 Å². The first-order valence-electron chi connectivity index (χ1n) is 7.32. The number of aromatic nitrogens is 1. The highest BCUT2D eigenvalue weighted by molar-refractivity contribution is 5.82. The van der Waals surface area contributed by atoms with Gasteiger partial charge in [0.2, 0.25) is 0 Å². The van der Waals surface area contributed by atoms with E-state index in [1.807, 2.05) is 6.07 Å². The van der Waals surface area contributed by atoms with Crippen LogP contribution < -0.4 is 10.6 Å². The van der Waals surface area contributed by atoms with Crippen molar-refractivity contribution in [1.82, 2.24) is 4.98 Å². The molecule has 1 aromatic carbocycles. The number of nitrogens with zero attached hydrogens (tertiary/aromatic N) is 2. The molecular weight excluding hydrogens is 246 g/mol. The summed E-state index contributed by atoms with van der Waals surface area (Å²) in [6, 6.07) is 10.5. The maximum absolute atomic E-state index is 5.77. The lowest BCUT2D eigenvalue weighted by Crippen LogP contribution is -2.41.